The van der Waals surface area contributed by atoms with Crippen molar-refractivity contribution in [3.63, 3.8) is 0 Å². The van der Waals surface area contributed by atoms with Crippen LogP contribution in [0.3, 0.4) is 0 Å². The predicted octanol–water partition coefficient (Wildman–Crippen LogP) is -0.109. The molecule has 2 atom stereocenters. The summed E-state index contributed by atoms with van der Waals surface area (Å²) < 4.78 is 0. The third-order valence-electron chi connectivity index (χ3n) is 1.72. The average Bonchev–Trinajstić information content (AvgIpc) is 1.86. The van der Waals surface area contributed by atoms with Gasteiger partial charge in [0.05, 0.1) is 11.7 Å². The Balaban J connectivity index is 3.82. The van der Waals surface area contributed by atoms with Crippen LogP contribution < -0.4 is 0 Å². The lowest BCUT2D eigenvalue weighted by atomic mass is 9.94. The first-order chi connectivity index (χ1) is 4.54. The maximum Gasteiger partial charge on any atom is 0.0899 e. The van der Waals surface area contributed by atoms with Crippen molar-refractivity contribution in [1.29, 1.82) is 0 Å². The maximum atomic E-state index is 9.37. The first kappa shape index (κ1) is 9.88. The number of hydrogen-bond donors (Lipinski definition) is 3. The van der Waals surface area contributed by atoms with E-state index >= 15 is 0 Å². The molecule has 0 saturated carbocycles. The minimum atomic E-state index is -1.14. The lowest BCUT2D eigenvalue weighted by Crippen LogP contribution is -2.39. The summed E-state index contributed by atoms with van der Waals surface area (Å²) in [6.07, 6.45) is -0.00528. The molecule has 0 aliphatic rings. The van der Waals surface area contributed by atoms with Gasteiger partial charge in [0.1, 0.15) is 0 Å². The molecule has 0 aromatic heterocycles. The molecule has 62 valence electrons. The smallest absolute Gasteiger partial charge is 0.0899 e. The van der Waals surface area contributed by atoms with Gasteiger partial charge in [0, 0.05) is 13.0 Å². The number of hydrogen-bond acceptors (Lipinski definition) is 3. The summed E-state index contributed by atoms with van der Waals surface area (Å²) >= 11 is 0. The van der Waals surface area contributed by atoms with E-state index in [0.29, 0.717) is 6.42 Å². The molecular weight excluding hydrogens is 132 g/mol. The van der Waals surface area contributed by atoms with Crippen LogP contribution in [0.2, 0.25) is 0 Å². The van der Waals surface area contributed by atoms with Crippen molar-refractivity contribution in [2.75, 3.05) is 6.61 Å². The van der Waals surface area contributed by atoms with E-state index in [0.717, 1.165) is 0 Å². The van der Waals surface area contributed by atoms with Gasteiger partial charge < -0.3 is 15.3 Å². The molecule has 2 unspecified atom stereocenters. The molecule has 0 aromatic rings. The van der Waals surface area contributed by atoms with Crippen molar-refractivity contribution >= 4 is 0 Å². The zero-order chi connectivity index (χ0) is 8.20. The lowest BCUT2D eigenvalue weighted by Gasteiger charge is -2.27. The largest absolute Gasteiger partial charge is 0.396 e. The van der Waals surface area contributed by atoms with Gasteiger partial charge in [-0.3, -0.25) is 0 Å². The first-order valence-corrected chi connectivity index (χ1v) is 3.56. The fraction of sp³-hybridized carbons (Fsp3) is 1.00. The standard InChI is InChI=1S/C7H16O3/c1-3-6(9)7(2,10)4-5-8/h6,8-10H,3-5H2,1-2H3. The first-order valence-electron chi connectivity index (χ1n) is 3.56. The fourth-order valence-corrected chi connectivity index (χ4v) is 0.833. The van der Waals surface area contributed by atoms with Crippen LogP contribution in [0.15, 0.2) is 0 Å². The highest BCUT2D eigenvalue weighted by atomic mass is 16.3. The molecule has 10 heavy (non-hydrogen) atoms. The minimum Gasteiger partial charge on any atom is -0.396 e. The van der Waals surface area contributed by atoms with Crippen LogP contribution in [0.1, 0.15) is 26.7 Å². The molecule has 0 aromatic carbocycles. The van der Waals surface area contributed by atoms with Gasteiger partial charge in [0.2, 0.25) is 0 Å². The SMILES string of the molecule is CCC(O)C(C)(O)CCO. The molecule has 0 saturated heterocycles. The molecule has 3 heteroatoms. The predicted molar refractivity (Wildman–Crippen MR) is 38.6 cm³/mol. The van der Waals surface area contributed by atoms with E-state index < -0.39 is 11.7 Å². The molecule has 0 rings (SSSR count). The van der Waals surface area contributed by atoms with Crippen molar-refractivity contribution in [1.82, 2.24) is 0 Å². The Hall–Kier alpha value is -0.120. The van der Waals surface area contributed by atoms with E-state index in [4.69, 9.17) is 10.2 Å². The van der Waals surface area contributed by atoms with Crippen LogP contribution in [-0.2, 0) is 0 Å². The van der Waals surface area contributed by atoms with Crippen LogP contribution >= 0.6 is 0 Å². The molecule has 3 nitrogen and oxygen atoms in total. The quantitative estimate of drug-likeness (QED) is 0.521. The summed E-state index contributed by atoms with van der Waals surface area (Å²) in [7, 11) is 0. The summed E-state index contributed by atoms with van der Waals surface area (Å²) in [4.78, 5) is 0. The van der Waals surface area contributed by atoms with Crippen LogP contribution in [0.5, 0.6) is 0 Å². The van der Waals surface area contributed by atoms with Crippen molar-refractivity contribution < 1.29 is 15.3 Å². The zero-order valence-electron chi connectivity index (χ0n) is 6.54. The monoisotopic (exact) mass is 148 g/mol. The van der Waals surface area contributed by atoms with E-state index in [1.807, 2.05) is 0 Å². The van der Waals surface area contributed by atoms with Gasteiger partial charge in [-0.05, 0) is 13.3 Å². The second-order valence-electron chi connectivity index (χ2n) is 2.75. The van der Waals surface area contributed by atoms with Gasteiger partial charge in [0.15, 0.2) is 0 Å². The van der Waals surface area contributed by atoms with E-state index in [1.165, 1.54) is 6.92 Å². The van der Waals surface area contributed by atoms with Crippen LogP contribution in [0.4, 0.5) is 0 Å². The summed E-state index contributed by atoms with van der Waals surface area (Å²) in [5.41, 5.74) is -1.14. The van der Waals surface area contributed by atoms with Gasteiger partial charge in [-0.25, -0.2) is 0 Å². The Bertz CT molecular complexity index is 90.9. The molecule has 0 aliphatic carbocycles. The van der Waals surface area contributed by atoms with Gasteiger partial charge in [-0.15, -0.1) is 0 Å². The summed E-state index contributed by atoms with van der Waals surface area (Å²) in [6.45, 7) is 3.22. The number of aliphatic hydroxyl groups excluding tert-OH is 2. The second-order valence-corrected chi connectivity index (χ2v) is 2.75. The molecule has 0 amide bonds. The Labute approximate surface area is 61.3 Å². The molecule has 0 aliphatic heterocycles. The second kappa shape index (κ2) is 3.91. The van der Waals surface area contributed by atoms with Crippen molar-refractivity contribution in [3.05, 3.63) is 0 Å². The van der Waals surface area contributed by atoms with Gasteiger partial charge in [-0.1, -0.05) is 6.92 Å². The summed E-state index contributed by atoms with van der Waals surface area (Å²) in [5.74, 6) is 0. The molecule has 0 radical (unpaired) electrons. The Morgan fingerprint density at radius 3 is 2.30 bits per heavy atom. The Kier molecular flexibility index (Phi) is 3.86. The van der Waals surface area contributed by atoms with Crippen LogP contribution in [0, 0.1) is 0 Å². The van der Waals surface area contributed by atoms with Crippen molar-refractivity contribution in [2.45, 2.75) is 38.4 Å². The highest BCUT2D eigenvalue weighted by Gasteiger charge is 2.27. The Morgan fingerprint density at radius 1 is 1.50 bits per heavy atom. The molecule has 0 bridgehead atoms. The average molecular weight is 148 g/mol. The van der Waals surface area contributed by atoms with Gasteiger partial charge in [0.25, 0.3) is 0 Å². The van der Waals surface area contributed by atoms with E-state index in [9.17, 15) is 5.11 Å². The van der Waals surface area contributed by atoms with E-state index in [-0.39, 0.29) is 13.0 Å². The minimum absolute atomic E-state index is 0.0932. The van der Waals surface area contributed by atoms with E-state index in [1.54, 1.807) is 6.92 Å². The van der Waals surface area contributed by atoms with Gasteiger partial charge >= 0.3 is 0 Å². The third kappa shape index (κ3) is 2.64. The number of aliphatic hydroxyl groups is 3. The number of rotatable bonds is 4. The fourth-order valence-electron chi connectivity index (χ4n) is 0.833. The van der Waals surface area contributed by atoms with Gasteiger partial charge in [-0.2, -0.15) is 0 Å². The highest BCUT2D eigenvalue weighted by Crippen LogP contribution is 2.16. The van der Waals surface area contributed by atoms with E-state index in [2.05, 4.69) is 0 Å². The lowest BCUT2D eigenvalue weighted by molar-refractivity contribution is -0.0750. The molecular formula is C7H16O3. The Morgan fingerprint density at radius 2 is 2.00 bits per heavy atom. The van der Waals surface area contributed by atoms with Crippen LogP contribution in [0.25, 0.3) is 0 Å². The van der Waals surface area contributed by atoms with Crippen molar-refractivity contribution in [3.8, 4) is 0 Å². The molecule has 0 heterocycles. The molecule has 3 N–H and O–H groups in total. The summed E-state index contributed by atoms with van der Waals surface area (Å²) in [5, 5.41) is 27.0. The third-order valence-corrected chi connectivity index (χ3v) is 1.72. The topological polar surface area (TPSA) is 60.7 Å². The molecule has 0 fully saturated rings. The zero-order valence-corrected chi connectivity index (χ0v) is 6.54. The summed E-state index contributed by atoms with van der Waals surface area (Å²) in [6, 6.07) is 0. The highest BCUT2D eigenvalue weighted by molar-refractivity contribution is 4.79. The maximum absolute atomic E-state index is 9.37. The normalized spacial score (nSPS) is 20.1. The molecule has 0 spiro atoms. The van der Waals surface area contributed by atoms with Crippen molar-refractivity contribution in [2.24, 2.45) is 0 Å². The van der Waals surface area contributed by atoms with Crippen LogP contribution in [-0.4, -0.2) is 33.6 Å².